The van der Waals surface area contributed by atoms with E-state index in [1.807, 2.05) is 25.2 Å². The van der Waals surface area contributed by atoms with Gasteiger partial charge in [-0.25, -0.2) is 0 Å². The van der Waals surface area contributed by atoms with Gasteiger partial charge in [0.1, 0.15) is 0 Å². The van der Waals surface area contributed by atoms with Crippen LogP contribution in [0.3, 0.4) is 0 Å². The first-order chi connectivity index (χ1) is 9.74. The lowest BCUT2D eigenvalue weighted by Crippen LogP contribution is -2.41. The molecule has 0 aliphatic carbocycles. The van der Waals surface area contributed by atoms with Crippen molar-refractivity contribution in [3.05, 3.63) is 23.8 Å². The lowest BCUT2D eigenvalue weighted by Gasteiger charge is -2.27. The first-order valence-corrected chi connectivity index (χ1v) is 7.08. The summed E-state index contributed by atoms with van der Waals surface area (Å²) in [5, 5.41) is 3.28. The molecule has 1 saturated heterocycles. The molecule has 1 N–H and O–H groups in total. The SMILES string of the molecule is CN(Cc1ccc2c(c1)OCO2)C(=O)[C@@H]1CCCNC1. The van der Waals surface area contributed by atoms with Crippen LogP contribution < -0.4 is 14.8 Å². The van der Waals surface area contributed by atoms with Gasteiger partial charge >= 0.3 is 0 Å². The fourth-order valence-corrected chi connectivity index (χ4v) is 2.77. The summed E-state index contributed by atoms with van der Waals surface area (Å²) in [7, 11) is 1.86. The van der Waals surface area contributed by atoms with E-state index >= 15 is 0 Å². The highest BCUT2D eigenvalue weighted by Crippen LogP contribution is 2.32. The van der Waals surface area contributed by atoms with Crippen LogP contribution in [0, 0.1) is 5.92 Å². The van der Waals surface area contributed by atoms with Gasteiger partial charge in [-0.1, -0.05) is 6.07 Å². The number of nitrogens with zero attached hydrogens (tertiary/aromatic N) is 1. The molecular weight excluding hydrogens is 256 g/mol. The van der Waals surface area contributed by atoms with Gasteiger partial charge < -0.3 is 19.7 Å². The average Bonchev–Trinajstić information content (AvgIpc) is 2.95. The van der Waals surface area contributed by atoms with Crippen molar-refractivity contribution in [3.8, 4) is 11.5 Å². The fraction of sp³-hybridized carbons (Fsp3) is 0.533. The van der Waals surface area contributed by atoms with Gasteiger partial charge in [-0.05, 0) is 37.1 Å². The molecule has 0 spiro atoms. The van der Waals surface area contributed by atoms with Crippen LogP contribution in [0.25, 0.3) is 0 Å². The largest absolute Gasteiger partial charge is 0.454 e. The number of hydrogen-bond acceptors (Lipinski definition) is 4. The van der Waals surface area contributed by atoms with Gasteiger partial charge in [0.2, 0.25) is 12.7 Å². The molecule has 0 aromatic heterocycles. The van der Waals surface area contributed by atoms with E-state index in [-0.39, 0.29) is 18.6 Å². The lowest BCUT2D eigenvalue weighted by molar-refractivity contribution is -0.135. The smallest absolute Gasteiger partial charge is 0.231 e. The quantitative estimate of drug-likeness (QED) is 0.906. The summed E-state index contributed by atoms with van der Waals surface area (Å²) in [5.74, 6) is 1.87. The first-order valence-electron chi connectivity index (χ1n) is 7.08. The maximum Gasteiger partial charge on any atom is 0.231 e. The summed E-state index contributed by atoms with van der Waals surface area (Å²) in [5.41, 5.74) is 1.06. The van der Waals surface area contributed by atoms with Crippen molar-refractivity contribution in [3.63, 3.8) is 0 Å². The number of ether oxygens (including phenoxy) is 2. The van der Waals surface area contributed by atoms with Crippen LogP contribution in [0.1, 0.15) is 18.4 Å². The summed E-state index contributed by atoms with van der Waals surface area (Å²) in [4.78, 5) is 14.2. The van der Waals surface area contributed by atoms with Crippen molar-refractivity contribution in [2.45, 2.75) is 19.4 Å². The van der Waals surface area contributed by atoms with Gasteiger partial charge in [-0.15, -0.1) is 0 Å². The minimum Gasteiger partial charge on any atom is -0.454 e. The second kappa shape index (κ2) is 5.71. The van der Waals surface area contributed by atoms with Crippen molar-refractivity contribution in [2.24, 2.45) is 5.92 Å². The Bertz CT molecular complexity index is 498. The Kier molecular flexibility index (Phi) is 3.78. The Balaban J connectivity index is 1.63. The van der Waals surface area contributed by atoms with E-state index < -0.39 is 0 Å². The van der Waals surface area contributed by atoms with Crippen LogP contribution in [0.4, 0.5) is 0 Å². The van der Waals surface area contributed by atoms with Crippen molar-refractivity contribution < 1.29 is 14.3 Å². The van der Waals surface area contributed by atoms with Crippen LogP contribution in [-0.4, -0.2) is 37.7 Å². The van der Waals surface area contributed by atoms with E-state index in [4.69, 9.17) is 9.47 Å². The van der Waals surface area contributed by atoms with Gasteiger partial charge in [0.15, 0.2) is 11.5 Å². The lowest BCUT2D eigenvalue weighted by atomic mass is 9.98. The van der Waals surface area contributed by atoms with E-state index in [9.17, 15) is 4.79 Å². The van der Waals surface area contributed by atoms with Crippen molar-refractivity contribution >= 4 is 5.91 Å². The van der Waals surface area contributed by atoms with Crippen molar-refractivity contribution in [2.75, 3.05) is 26.9 Å². The van der Waals surface area contributed by atoms with Crippen LogP contribution in [-0.2, 0) is 11.3 Å². The molecule has 0 saturated carbocycles. The Morgan fingerprint density at radius 3 is 3.05 bits per heavy atom. The monoisotopic (exact) mass is 276 g/mol. The third kappa shape index (κ3) is 2.72. The van der Waals surface area contributed by atoms with E-state index in [2.05, 4.69) is 5.32 Å². The molecule has 5 heteroatoms. The van der Waals surface area contributed by atoms with Gasteiger partial charge in [0.25, 0.3) is 0 Å². The highest BCUT2D eigenvalue weighted by Gasteiger charge is 2.24. The van der Waals surface area contributed by atoms with Gasteiger partial charge in [0.05, 0.1) is 5.92 Å². The number of carbonyl (C=O) groups excluding carboxylic acids is 1. The average molecular weight is 276 g/mol. The number of hydrogen-bond donors (Lipinski definition) is 1. The van der Waals surface area contributed by atoms with E-state index in [0.717, 1.165) is 43.0 Å². The Hall–Kier alpha value is -1.75. The molecule has 108 valence electrons. The van der Waals surface area contributed by atoms with Crippen LogP contribution in [0.5, 0.6) is 11.5 Å². The van der Waals surface area contributed by atoms with Crippen molar-refractivity contribution in [1.29, 1.82) is 0 Å². The number of benzene rings is 1. The van der Waals surface area contributed by atoms with Gasteiger partial charge in [-0.3, -0.25) is 4.79 Å². The number of amides is 1. The fourth-order valence-electron chi connectivity index (χ4n) is 2.77. The zero-order valence-corrected chi connectivity index (χ0v) is 11.7. The van der Waals surface area contributed by atoms with Crippen molar-refractivity contribution in [1.82, 2.24) is 10.2 Å². The highest BCUT2D eigenvalue weighted by atomic mass is 16.7. The van der Waals surface area contributed by atoms with Gasteiger partial charge in [0, 0.05) is 20.1 Å². The first kappa shape index (κ1) is 13.2. The maximum atomic E-state index is 12.4. The molecule has 20 heavy (non-hydrogen) atoms. The van der Waals surface area contributed by atoms with E-state index in [0.29, 0.717) is 6.54 Å². The predicted molar refractivity (Wildman–Crippen MR) is 74.6 cm³/mol. The Morgan fingerprint density at radius 2 is 2.25 bits per heavy atom. The molecule has 1 aromatic rings. The standard InChI is InChI=1S/C15H20N2O3/c1-17(15(18)12-3-2-6-16-8-12)9-11-4-5-13-14(7-11)20-10-19-13/h4-5,7,12,16H,2-3,6,8-10H2,1H3/t12-/m1/s1. The number of nitrogens with one attached hydrogen (secondary N) is 1. The normalized spacial score (nSPS) is 20.8. The van der Waals surface area contributed by atoms with Crippen LogP contribution >= 0.6 is 0 Å². The molecule has 0 unspecified atom stereocenters. The number of rotatable bonds is 3. The molecule has 2 aliphatic heterocycles. The Labute approximate surface area is 118 Å². The topological polar surface area (TPSA) is 50.8 Å². The molecular formula is C15H20N2O3. The molecule has 1 atom stereocenters. The highest BCUT2D eigenvalue weighted by molar-refractivity contribution is 5.79. The molecule has 2 aliphatic rings. The summed E-state index contributed by atoms with van der Waals surface area (Å²) in [6.45, 7) is 2.70. The van der Waals surface area contributed by atoms with Gasteiger partial charge in [-0.2, -0.15) is 0 Å². The second-order valence-electron chi connectivity index (χ2n) is 5.43. The molecule has 0 radical (unpaired) electrons. The third-order valence-corrected chi connectivity index (χ3v) is 3.88. The summed E-state index contributed by atoms with van der Waals surface area (Å²) < 4.78 is 10.7. The molecule has 0 bridgehead atoms. The molecule has 1 aromatic carbocycles. The van der Waals surface area contributed by atoms with Crippen LogP contribution in [0.15, 0.2) is 18.2 Å². The Morgan fingerprint density at radius 1 is 1.40 bits per heavy atom. The summed E-state index contributed by atoms with van der Waals surface area (Å²) in [6.07, 6.45) is 2.06. The van der Waals surface area contributed by atoms with Crippen LogP contribution in [0.2, 0.25) is 0 Å². The van der Waals surface area contributed by atoms with E-state index in [1.54, 1.807) is 4.90 Å². The zero-order valence-electron chi connectivity index (χ0n) is 11.7. The molecule has 1 fully saturated rings. The minimum atomic E-state index is 0.114. The number of fused-ring (bicyclic) bond motifs is 1. The number of piperidine rings is 1. The molecule has 2 heterocycles. The summed E-state index contributed by atoms with van der Waals surface area (Å²) in [6, 6.07) is 5.83. The molecule has 5 nitrogen and oxygen atoms in total. The maximum absolute atomic E-state index is 12.4. The third-order valence-electron chi connectivity index (χ3n) is 3.88. The predicted octanol–water partition coefficient (Wildman–Crippen LogP) is 1.37. The molecule has 3 rings (SSSR count). The van der Waals surface area contributed by atoms with E-state index in [1.165, 1.54) is 0 Å². The minimum absolute atomic E-state index is 0.114. The summed E-state index contributed by atoms with van der Waals surface area (Å²) >= 11 is 0. The number of carbonyl (C=O) groups is 1. The zero-order chi connectivity index (χ0) is 13.9. The molecule has 1 amide bonds. The second-order valence-corrected chi connectivity index (χ2v) is 5.43.